The van der Waals surface area contributed by atoms with Gasteiger partial charge in [0, 0.05) is 6.42 Å². The standard InChI is InChI=1S/C84H153NO18/c1-3-5-7-9-11-13-15-17-19-21-23-24-25-26-27-28-29-30-31-32-33-34-35-36-37-38-39-40-41-42-44-46-48-50-52-54-56-58-60-62-72(90)85-67(68(89)61-59-57-55-53-51-49-47-45-43-22-20-18-16-14-12-10-8-6-4-2)66-98-82-78(96)75(93)80(70(64-87)100-82)103-84-79(97)76(94)81(71(65-88)101-84)102-83-77(95)74(92)73(91)69(63-86)99-83/h5,7,11,13,17,19,23-24,26-27,67-71,73-84,86-89,91-97H,3-4,6,8-10,12,14-16,18,20-22,25,28-66H2,1-2H3,(H,85,90)/b7-5-,13-11-,19-17-,24-23-,27-26-. The molecule has 19 heteroatoms. The molecule has 1 amide bonds. The molecular formula is C84H153NO18. The molecule has 602 valence electrons. The minimum atomic E-state index is -1.97. The van der Waals surface area contributed by atoms with E-state index in [1.165, 1.54) is 225 Å². The van der Waals surface area contributed by atoms with E-state index in [-0.39, 0.29) is 18.9 Å². The van der Waals surface area contributed by atoms with E-state index < -0.39 is 124 Å². The van der Waals surface area contributed by atoms with Crippen LogP contribution in [0.2, 0.25) is 0 Å². The number of unbranched alkanes of at least 4 members (excludes halogenated alkanes) is 41. The molecule has 3 aliphatic heterocycles. The van der Waals surface area contributed by atoms with Crippen molar-refractivity contribution < 1.29 is 89.4 Å². The van der Waals surface area contributed by atoms with Gasteiger partial charge in [-0.2, -0.15) is 0 Å². The van der Waals surface area contributed by atoms with Crippen LogP contribution in [0, 0.1) is 0 Å². The van der Waals surface area contributed by atoms with Gasteiger partial charge in [0.25, 0.3) is 0 Å². The van der Waals surface area contributed by atoms with Gasteiger partial charge < -0.3 is 89.9 Å². The molecule has 103 heavy (non-hydrogen) atoms. The summed E-state index contributed by atoms with van der Waals surface area (Å²) in [6, 6.07) is -0.887. The van der Waals surface area contributed by atoms with Gasteiger partial charge in [-0.15, -0.1) is 0 Å². The number of aliphatic hydroxyl groups excluding tert-OH is 11. The van der Waals surface area contributed by atoms with E-state index in [0.717, 1.165) is 77.0 Å². The van der Waals surface area contributed by atoms with Crippen molar-refractivity contribution >= 4 is 5.91 Å². The molecule has 0 aromatic rings. The average molecular weight is 1470 g/mol. The highest BCUT2D eigenvalue weighted by Gasteiger charge is 2.54. The van der Waals surface area contributed by atoms with Crippen LogP contribution in [0.3, 0.4) is 0 Å². The SMILES string of the molecule is CC/C=C\C/C=C\C/C=C\C/C=C\C/C=C\CCCCCCCCCCCCCCCCCCCCCCCCCC(=O)NC(COC1OC(CO)C(OC2OC(CO)C(OC3OC(CO)C(O)C(O)C3O)C(O)C2O)C(O)C1O)C(O)CCCCCCCCCCCCCCCCCCCCC. The summed E-state index contributed by atoms with van der Waals surface area (Å²) in [5.41, 5.74) is 0. The summed E-state index contributed by atoms with van der Waals surface area (Å²) in [6.07, 6.45) is 56.1. The maximum atomic E-state index is 13.5. The van der Waals surface area contributed by atoms with E-state index in [2.05, 4.69) is 79.9 Å². The lowest BCUT2D eigenvalue weighted by atomic mass is 9.96. The van der Waals surface area contributed by atoms with E-state index in [9.17, 15) is 61.0 Å². The first-order valence-corrected chi connectivity index (χ1v) is 42.0. The van der Waals surface area contributed by atoms with Crippen molar-refractivity contribution in [2.45, 2.75) is 439 Å². The van der Waals surface area contributed by atoms with Crippen LogP contribution in [-0.4, -0.2) is 193 Å². The molecule has 0 radical (unpaired) electrons. The van der Waals surface area contributed by atoms with E-state index in [0.29, 0.717) is 12.8 Å². The van der Waals surface area contributed by atoms with Crippen LogP contribution in [0.25, 0.3) is 0 Å². The molecule has 3 fully saturated rings. The summed E-state index contributed by atoms with van der Waals surface area (Å²) in [7, 11) is 0. The Morgan fingerprint density at radius 1 is 0.359 bits per heavy atom. The second kappa shape index (κ2) is 64.3. The van der Waals surface area contributed by atoms with Gasteiger partial charge in [-0.25, -0.2) is 0 Å². The lowest BCUT2D eigenvalue weighted by Crippen LogP contribution is -2.66. The number of carbonyl (C=O) groups excluding carboxylic acids is 1. The van der Waals surface area contributed by atoms with Crippen molar-refractivity contribution in [1.82, 2.24) is 5.32 Å². The lowest BCUT2D eigenvalue weighted by Gasteiger charge is -2.48. The van der Waals surface area contributed by atoms with Gasteiger partial charge in [0.15, 0.2) is 18.9 Å². The molecule has 3 aliphatic rings. The number of nitrogens with one attached hydrogen (secondary N) is 1. The Bertz CT molecular complexity index is 2090. The number of aliphatic hydroxyl groups is 11. The van der Waals surface area contributed by atoms with Crippen LogP contribution in [0.5, 0.6) is 0 Å². The Hall–Kier alpha value is -2.51. The van der Waals surface area contributed by atoms with Gasteiger partial charge in [-0.05, 0) is 57.8 Å². The molecular weight excluding hydrogens is 1310 g/mol. The summed E-state index contributed by atoms with van der Waals surface area (Å²) >= 11 is 0. The van der Waals surface area contributed by atoms with Crippen LogP contribution in [0.15, 0.2) is 60.8 Å². The number of rotatable bonds is 67. The molecule has 17 unspecified atom stereocenters. The van der Waals surface area contributed by atoms with Crippen molar-refractivity contribution in [3.63, 3.8) is 0 Å². The quantitative estimate of drug-likeness (QED) is 0.0199. The highest BCUT2D eigenvalue weighted by atomic mass is 16.8. The first-order chi connectivity index (χ1) is 50.3. The predicted molar refractivity (Wildman–Crippen MR) is 411 cm³/mol. The summed E-state index contributed by atoms with van der Waals surface area (Å²) in [5, 5.41) is 121. The zero-order chi connectivity index (χ0) is 74.6. The smallest absolute Gasteiger partial charge is 0.220 e. The Balaban J connectivity index is 1.30. The molecule has 0 spiro atoms. The van der Waals surface area contributed by atoms with Crippen molar-refractivity contribution in [2.24, 2.45) is 0 Å². The molecule has 12 N–H and O–H groups in total. The van der Waals surface area contributed by atoms with Crippen LogP contribution in [0.4, 0.5) is 0 Å². The molecule has 3 heterocycles. The van der Waals surface area contributed by atoms with Crippen molar-refractivity contribution in [3.05, 3.63) is 60.8 Å². The third-order valence-corrected chi connectivity index (χ3v) is 20.9. The number of hydrogen-bond acceptors (Lipinski definition) is 18. The van der Waals surface area contributed by atoms with E-state index >= 15 is 0 Å². The third kappa shape index (κ3) is 44.1. The predicted octanol–water partition coefficient (Wildman–Crippen LogP) is 14.6. The molecule has 0 bridgehead atoms. The third-order valence-electron chi connectivity index (χ3n) is 20.9. The minimum absolute atomic E-state index is 0.237. The monoisotopic (exact) mass is 1460 g/mol. The fourth-order valence-electron chi connectivity index (χ4n) is 14.2. The Labute approximate surface area is 624 Å². The second-order valence-electron chi connectivity index (χ2n) is 29.9. The molecule has 0 aromatic carbocycles. The van der Waals surface area contributed by atoms with Gasteiger partial charge >= 0.3 is 0 Å². The first-order valence-electron chi connectivity index (χ1n) is 42.0. The topological polar surface area (TPSA) is 307 Å². The zero-order valence-electron chi connectivity index (χ0n) is 64.5. The van der Waals surface area contributed by atoms with Crippen LogP contribution in [-0.2, 0) is 33.2 Å². The number of allylic oxidation sites excluding steroid dienone is 10. The fraction of sp³-hybridized carbons (Fsp3) is 0.869. The normalized spacial score (nSPS) is 26.3. The molecule has 0 aromatic heterocycles. The highest BCUT2D eigenvalue weighted by Crippen LogP contribution is 2.33. The molecule has 0 aliphatic carbocycles. The first kappa shape index (κ1) is 94.7. The van der Waals surface area contributed by atoms with Crippen molar-refractivity contribution in [2.75, 3.05) is 26.4 Å². The number of amides is 1. The summed E-state index contributed by atoms with van der Waals surface area (Å²) < 4.78 is 34.5. The number of carbonyl (C=O) groups is 1. The van der Waals surface area contributed by atoms with Gasteiger partial charge in [-0.1, -0.05) is 331 Å². The van der Waals surface area contributed by atoms with Crippen LogP contribution >= 0.6 is 0 Å². The Morgan fingerprint density at radius 2 is 0.670 bits per heavy atom. The summed E-state index contributed by atoms with van der Waals surface area (Å²) in [5.74, 6) is -0.237. The molecule has 19 nitrogen and oxygen atoms in total. The minimum Gasteiger partial charge on any atom is -0.394 e. The van der Waals surface area contributed by atoms with Crippen molar-refractivity contribution in [1.29, 1.82) is 0 Å². The maximum absolute atomic E-state index is 13.5. The summed E-state index contributed by atoms with van der Waals surface area (Å²) in [4.78, 5) is 13.5. The van der Waals surface area contributed by atoms with Gasteiger partial charge in [-0.3, -0.25) is 4.79 Å². The van der Waals surface area contributed by atoms with Gasteiger partial charge in [0.2, 0.25) is 5.91 Å². The van der Waals surface area contributed by atoms with Crippen LogP contribution in [0.1, 0.15) is 335 Å². The fourth-order valence-corrected chi connectivity index (χ4v) is 14.2. The highest BCUT2D eigenvalue weighted by molar-refractivity contribution is 5.76. The van der Waals surface area contributed by atoms with Gasteiger partial charge in [0.1, 0.15) is 73.2 Å². The Kier molecular flexibility index (Phi) is 59.1. The zero-order valence-corrected chi connectivity index (χ0v) is 64.5. The maximum Gasteiger partial charge on any atom is 0.220 e. The summed E-state index contributed by atoms with van der Waals surface area (Å²) in [6.45, 7) is 1.73. The molecule has 3 saturated heterocycles. The number of hydrogen-bond donors (Lipinski definition) is 12. The van der Waals surface area contributed by atoms with Gasteiger partial charge in [0.05, 0.1) is 38.6 Å². The van der Waals surface area contributed by atoms with E-state index in [1.54, 1.807) is 0 Å². The van der Waals surface area contributed by atoms with E-state index in [1.807, 2.05) is 0 Å². The van der Waals surface area contributed by atoms with Crippen LogP contribution < -0.4 is 5.32 Å². The molecule has 3 rings (SSSR count). The largest absolute Gasteiger partial charge is 0.394 e. The molecule has 0 saturated carbocycles. The second-order valence-corrected chi connectivity index (χ2v) is 29.9. The lowest BCUT2D eigenvalue weighted by molar-refractivity contribution is -0.379. The van der Waals surface area contributed by atoms with E-state index in [4.69, 9.17) is 28.4 Å². The average Bonchev–Trinajstić information content (AvgIpc) is 0.781. The molecule has 17 atom stereocenters. The van der Waals surface area contributed by atoms with Crippen molar-refractivity contribution in [3.8, 4) is 0 Å². The Morgan fingerprint density at radius 3 is 1.05 bits per heavy atom. The number of ether oxygens (including phenoxy) is 6.